The molecule has 0 aliphatic carbocycles. The zero-order valence-electron chi connectivity index (χ0n) is 12.0. The van der Waals surface area contributed by atoms with Crippen LogP contribution in [0.1, 0.15) is 0 Å². The first kappa shape index (κ1) is 17.0. The van der Waals surface area contributed by atoms with Crippen molar-refractivity contribution in [2.75, 3.05) is 11.8 Å². The molecule has 2 aromatic carbocycles. The number of methoxy groups -OCH3 is 1. The van der Waals surface area contributed by atoms with Crippen LogP contribution in [0.5, 0.6) is 5.75 Å². The lowest BCUT2D eigenvalue weighted by Gasteiger charge is -2.04. The van der Waals surface area contributed by atoms with Crippen LogP contribution < -0.4 is 14.6 Å². The molecule has 8 nitrogen and oxygen atoms in total. The zero-order valence-corrected chi connectivity index (χ0v) is 13.6. The Bertz CT molecular complexity index is 924. The molecule has 1 heterocycles. The predicted octanol–water partition coefficient (Wildman–Crippen LogP) is 1.47. The van der Waals surface area contributed by atoms with E-state index in [9.17, 15) is 8.42 Å². The first-order valence-electron chi connectivity index (χ1n) is 6.27. The van der Waals surface area contributed by atoms with Crippen molar-refractivity contribution in [2.45, 2.75) is 0 Å². The largest absolute Gasteiger partial charge is 0.497 e. The van der Waals surface area contributed by atoms with Gasteiger partial charge in [0, 0.05) is 11.8 Å². The first-order valence-corrected chi connectivity index (χ1v) is 7.81. The van der Waals surface area contributed by atoms with Crippen LogP contribution in [0.3, 0.4) is 0 Å². The third-order valence-electron chi connectivity index (χ3n) is 2.95. The van der Waals surface area contributed by atoms with Crippen LogP contribution in [-0.4, -0.2) is 30.5 Å². The number of nitrogens with zero attached hydrogens (tertiary/aromatic N) is 3. The molecule has 0 bridgehead atoms. The average molecular weight is 356 g/mol. The standard InChI is InChI=1S/C13H13N5O3S.ClH/c1-21-11-6-7-12-13(8-11)16-18(15-12)10-4-2-9(3-5-10)17-22(14,19)20;/h2-8,17H,1H3,(H2,14,19,20);1H. The number of nitrogens with one attached hydrogen (secondary N) is 1. The van der Waals surface area contributed by atoms with Crippen molar-refractivity contribution in [3.05, 3.63) is 42.5 Å². The third-order valence-corrected chi connectivity index (χ3v) is 3.47. The molecule has 0 saturated heterocycles. The highest BCUT2D eigenvalue weighted by atomic mass is 35.5. The summed E-state index contributed by atoms with van der Waals surface area (Å²) in [5.74, 6) is 0.701. The Kier molecular flexibility index (Phi) is 4.73. The number of hydrogen-bond acceptors (Lipinski definition) is 5. The Labute approximate surface area is 138 Å². The number of fused-ring (bicyclic) bond motifs is 1. The second-order valence-electron chi connectivity index (χ2n) is 4.54. The average Bonchev–Trinajstić information content (AvgIpc) is 2.89. The third kappa shape index (κ3) is 3.89. The summed E-state index contributed by atoms with van der Waals surface area (Å²) in [6.45, 7) is 0. The summed E-state index contributed by atoms with van der Waals surface area (Å²) in [6, 6.07) is 11.9. The Morgan fingerprint density at radius 2 is 1.74 bits per heavy atom. The fourth-order valence-electron chi connectivity index (χ4n) is 1.96. The highest BCUT2D eigenvalue weighted by molar-refractivity contribution is 7.90. The summed E-state index contributed by atoms with van der Waals surface area (Å²) in [5.41, 5.74) is 2.48. The van der Waals surface area contributed by atoms with Gasteiger partial charge in [-0.25, -0.2) is 5.14 Å². The van der Waals surface area contributed by atoms with E-state index in [4.69, 9.17) is 9.88 Å². The molecule has 0 aliphatic heterocycles. The van der Waals surface area contributed by atoms with E-state index in [-0.39, 0.29) is 12.4 Å². The Hall–Kier alpha value is -2.36. The number of anilines is 1. The van der Waals surface area contributed by atoms with Crippen molar-refractivity contribution in [1.29, 1.82) is 0 Å². The van der Waals surface area contributed by atoms with Crippen LogP contribution in [0, 0.1) is 0 Å². The van der Waals surface area contributed by atoms with Gasteiger partial charge in [0.05, 0.1) is 12.8 Å². The molecule has 10 heteroatoms. The van der Waals surface area contributed by atoms with E-state index in [0.717, 1.165) is 5.52 Å². The minimum absolute atomic E-state index is 0. The zero-order chi connectivity index (χ0) is 15.7. The van der Waals surface area contributed by atoms with E-state index >= 15 is 0 Å². The molecule has 1 aromatic heterocycles. The van der Waals surface area contributed by atoms with Crippen molar-refractivity contribution < 1.29 is 13.2 Å². The topological polar surface area (TPSA) is 112 Å². The van der Waals surface area contributed by atoms with Crippen molar-refractivity contribution >= 4 is 39.3 Å². The van der Waals surface area contributed by atoms with Gasteiger partial charge in [-0.05, 0) is 36.4 Å². The van der Waals surface area contributed by atoms with Gasteiger partial charge in [-0.1, -0.05) is 0 Å². The number of halogens is 1. The predicted molar refractivity (Wildman–Crippen MR) is 89.4 cm³/mol. The van der Waals surface area contributed by atoms with Gasteiger partial charge in [0.15, 0.2) is 0 Å². The van der Waals surface area contributed by atoms with E-state index < -0.39 is 10.2 Å². The number of benzene rings is 2. The van der Waals surface area contributed by atoms with Gasteiger partial charge < -0.3 is 4.74 Å². The fourth-order valence-corrected chi connectivity index (χ4v) is 2.43. The molecule has 0 saturated carbocycles. The van der Waals surface area contributed by atoms with Gasteiger partial charge in [0.1, 0.15) is 16.8 Å². The molecule has 0 amide bonds. The summed E-state index contributed by atoms with van der Waals surface area (Å²) in [7, 11) is -2.20. The smallest absolute Gasteiger partial charge is 0.296 e. The van der Waals surface area contributed by atoms with Crippen LogP contribution >= 0.6 is 12.4 Å². The minimum atomic E-state index is -3.78. The number of ether oxygens (including phenoxy) is 1. The Balaban J connectivity index is 0.00000192. The molecule has 3 rings (SSSR count). The lowest BCUT2D eigenvalue weighted by molar-refractivity contribution is 0.415. The monoisotopic (exact) mass is 355 g/mol. The molecule has 0 radical (unpaired) electrons. The Morgan fingerprint density at radius 1 is 1.09 bits per heavy atom. The normalized spacial score (nSPS) is 11.0. The molecule has 0 atom stereocenters. The van der Waals surface area contributed by atoms with Crippen molar-refractivity contribution in [2.24, 2.45) is 5.14 Å². The van der Waals surface area contributed by atoms with Crippen LogP contribution in [0.2, 0.25) is 0 Å². The summed E-state index contributed by atoms with van der Waals surface area (Å²) in [6.07, 6.45) is 0. The lowest BCUT2D eigenvalue weighted by atomic mass is 10.3. The molecule has 0 spiro atoms. The maximum atomic E-state index is 11.0. The summed E-state index contributed by atoms with van der Waals surface area (Å²) >= 11 is 0. The second kappa shape index (κ2) is 6.41. The van der Waals surface area contributed by atoms with E-state index in [1.807, 2.05) is 6.07 Å². The molecule has 3 aromatic rings. The highest BCUT2D eigenvalue weighted by Crippen LogP contribution is 2.19. The Morgan fingerprint density at radius 3 is 2.35 bits per heavy atom. The molecule has 0 fully saturated rings. The number of rotatable bonds is 4. The maximum Gasteiger partial charge on any atom is 0.296 e. The fraction of sp³-hybridized carbons (Fsp3) is 0.0769. The van der Waals surface area contributed by atoms with Gasteiger partial charge in [-0.3, -0.25) is 4.72 Å². The molecule has 3 N–H and O–H groups in total. The summed E-state index contributed by atoms with van der Waals surface area (Å²) < 4.78 is 29.2. The number of hydrogen-bond donors (Lipinski definition) is 2. The van der Waals surface area contributed by atoms with Gasteiger partial charge in [0.2, 0.25) is 0 Å². The SMILES string of the molecule is COc1ccc2nn(-c3ccc(NS(N)(=O)=O)cc3)nc2c1.Cl. The molecular formula is C13H14ClN5O3S. The van der Waals surface area contributed by atoms with Gasteiger partial charge >= 0.3 is 0 Å². The molecule has 0 aliphatic rings. The number of aromatic nitrogens is 3. The van der Waals surface area contributed by atoms with Crippen LogP contribution in [-0.2, 0) is 10.2 Å². The molecular weight excluding hydrogens is 342 g/mol. The molecule has 122 valence electrons. The van der Waals surface area contributed by atoms with E-state index in [0.29, 0.717) is 22.6 Å². The van der Waals surface area contributed by atoms with Crippen molar-refractivity contribution in [1.82, 2.24) is 15.0 Å². The minimum Gasteiger partial charge on any atom is -0.497 e. The van der Waals surface area contributed by atoms with Crippen molar-refractivity contribution in [3.63, 3.8) is 0 Å². The van der Waals surface area contributed by atoms with Crippen LogP contribution in [0.15, 0.2) is 42.5 Å². The van der Waals surface area contributed by atoms with Crippen molar-refractivity contribution in [3.8, 4) is 11.4 Å². The molecule has 0 unspecified atom stereocenters. The van der Waals surface area contributed by atoms with Gasteiger partial charge in [-0.15, -0.1) is 22.6 Å². The van der Waals surface area contributed by atoms with Gasteiger partial charge in [0.25, 0.3) is 10.2 Å². The van der Waals surface area contributed by atoms with Gasteiger partial charge in [-0.2, -0.15) is 13.2 Å². The quantitative estimate of drug-likeness (QED) is 0.735. The number of nitrogens with two attached hydrogens (primary N) is 1. The molecule has 23 heavy (non-hydrogen) atoms. The van der Waals surface area contributed by atoms with E-state index in [1.165, 1.54) is 4.80 Å². The highest BCUT2D eigenvalue weighted by Gasteiger charge is 2.07. The maximum absolute atomic E-state index is 11.0. The van der Waals surface area contributed by atoms with E-state index in [2.05, 4.69) is 14.9 Å². The summed E-state index contributed by atoms with van der Waals surface area (Å²) in [4.78, 5) is 1.46. The lowest BCUT2D eigenvalue weighted by Crippen LogP contribution is -2.21. The van der Waals surface area contributed by atoms with Crippen LogP contribution in [0.25, 0.3) is 16.7 Å². The van der Waals surface area contributed by atoms with Crippen LogP contribution in [0.4, 0.5) is 5.69 Å². The van der Waals surface area contributed by atoms with E-state index in [1.54, 1.807) is 43.5 Å². The summed E-state index contributed by atoms with van der Waals surface area (Å²) in [5, 5.41) is 13.6. The second-order valence-corrected chi connectivity index (χ2v) is 5.83. The first-order chi connectivity index (χ1) is 10.4.